The number of benzene rings is 2. The Morgan fingerprint density at radius 1 is 0.800 bits per heavy atom. The molecule has 0 saturated carbocycles. The van der Waals surface area contributed by atoms with Crippen molar-refractivity contribution in [3.8, 4) is 11.8 Å². The summed E-state index contributed by atoms with van der Waals surface area (Å²) >= 11 is 0. The smallest absolute Gasteiger partial charge is 0.422 e. The minimum Gasteiger partial charge on any atom is -0.436 e. The summed E-state index contributed by atoms with van der Waals surface area (Å²) in [7, 11) is -8.24. The zero-order valence-electron chi connectivity index (χ0n) is 19.6. The van der Waals surface area contributed by atoms with Crippen LogP contribution in [-0.2, 0) is 29.5 Å². The van der Waals surface area contributed by atoms with Crippen LogP contribution in [0.1, 0.15) is 25.0 Å². The van der Waals surface area contributed by atoms with Gasteiger partial charge in [0, 0.05) is 5.92 Å². The van der Waals surface area contributed by atoms with Crippen LogP contribution in [0.2, 0.25) is 0 Å². The molecule has 2 rings (SSSR count). The van der Waals surface area contributed by atoms with Gasteiger partial charge in [-0.2, -0.15) is 0 Å². The third kappa shape index (κ3) is 8.62. The topological polar surface area (TPSA) is 145 Å². The summed E-state index contributed by atoms with van der Waals surface area (Å²) < 4.78 is 62.4. The predicted molar refractivity (Wildman–Crippen MR) is 127 cm³/mol. The molecule has 1 atom stereocenters. The average Bonchev–Trinajstić information content (AvgIpc) is 2.75. The van der Waals surface area contributed by atoms with Crippen LogP contribution in [0, 0.1) is 31.6 Å². The molecule has 10 nitrogen and oxygen atoms in total. The fourth-order valence-corrected chi connectivity index (χ4v) is 4.29. The van der Waals surface area contributed by atoms with Crippen molar-refractivity contribution in [3.05, 3.63) is 59.7 Å². The van der Waals surface area contributed by atoms with Gasteiger partial charge in [0.15, 0.2) is 12.7 Å². The van der Waals surface area contributed by atoms with Crippen LogP contribution in [0.25, 0.3) is 0 Å². The molecule has 12 heteroatoms. The van der Waals surface area contributed by atoms with Crippen molar-refractivity contribution in [1.29, 1.82) is 0 Å². The van der Waals surface area contributed by atoms with Gasteiger partial charge >= 0.3 is 12.2 Å². The van der Waals surface area contributed by atoms with Gasteiger partial charge in [-0.15, -0.1) is 0 Å². The quantitative estimate of drug-likeness (QED) is 0.528. The van der Waals surface area contributed by atoms with E-state index in [1.165, 1.54) is 24.3 Å². The first-order valence-electron chi connectivity index (χ1n) is 10.3. The first-order chi connectivity index (χ1) is 16.3. The molecular weight excluding hydrogens is 496 g/mol. The molecule has 0 fully saturated rings. The van der Waals surface area contributed by atoms with Crippen molar-refractivity contribution in [2.24, 2.45) is 5.92 Å². The Morgan fingerprint density at radius 3 is 1.66 bits per heavy atom. The number of amides is 2. The minimum absolute atomic E-state index is 0.104. The van der Waals surface area contributed by atoms with E-state index in [4.69, 9.17) is 9.47 Å². The zero-order chi connectivity index (χ0) is 26.2. The van der Waals surface area contributed by atoms with Crippen LogP contribution in [0.15, 0.2) is 58.3 Å². The van der Waals surface area contributed by atoms with Gasteiger partial charge in [-0.3, -0.25) is 0 Å². The van der Waals surface area contributed by atoms with Crippen molar-refractivity contribution >= 4 is 32.2 Å². The highest BCUT2D eigenvalue weighted by atomic mass is 32.2. The van der Waals surface area contributed by atoms with Gasteiger partial charge in [0.05, 0.1) is 9.79 Å². The minimum atomic E-state index is -4.13. The summed E-state index contributed by atoms with van der Waals surface area (Å²) in [6.07, 6.45) is -3.48. The second-order valence-corrected chi connectivity index (χ2v) is 11.2. The third-order valence-electron chi connectivity index (χ3n) is 4.46. The van der Waals surface area contributed by atoms with Crippen molar-refractivity contribution in [1.82, 2.24) is 9.44 Å². The number of hydrogen-bond donors (Lipinski definition) is 2. The van der Waals surface area contributed by atoms with Gasteiger partial charge in [-0.1, -0.05) is 61.1 Å². The molecule has 0 spiro atoms. The van der Waals surface area contributed by atoms with Crippen LogP contribution in [0.3, 0.4) is 0 Å². The Kier molecular flexibility index (Phi) is 9.27. The van der Waals surface area contributed by atoms with E-state index in [9.17, 15) is 26.4 Å². The molecule has 2 aromatic rings. The molecule has 0 saturated heterocycles. The maximum absolute atomic E-state index is 12.3. The van der Waals surface area contributed by atoms with Crippen molar-refractivity contribution in [3.63, 3.8) is 0 Å². The molecule has 2 amide bonds. The normalized spacial score (nSPS) is 12.1. The maximum Gasteiger partial charge on any atom is 0.422 e. The van der Waals surface area contributed by atoms with E-state index in [2.05, 4.69) is 11.8 Å². The van der Waals surface area contributed by atoms with Crippen LogP contribution in [-0.4, -0.2) is 41.7 Å². The van der Waals surface area contributed by atoms with Crippen LogP contribution in [0.5, 0.6) is 0 Å². The van der Waals surface area contributed by atoms with Gasteiger partial charge in [0.1, 0.15) is 0 Å². The van der Waals surface area contributed by atoms with E-state index in [0.717, 1.165) is 11.1 Å². The number of nitrogens with one attached hydrogen (secondary N) is 2. The molecule has 0 bridgehead atoms. The molecule has 0 aliphatic rings. The lowest BCUT2D eigenvalue weighted by Crippen LogP contribution is -2.35. The maximum atomic E-state index is 12.3. The zero-order valence-corrected chi connectivity index (χ0v) is 21.2. The molecule has 0 radical (unpaired) electrons. The SMILES string of the molecule is Cc1ccc(S(=O)(=O)NC(=O)OCC#CC(OC(=O)NS(=O)(=O)c2ccc(C)cc2)C(C)C)cc1. The Labute approximate surface area is 205 Å². The van der Waals surface area contributed by atoms with E-state index in [1.807, 2.05) is 4.72 Å². The molecule has 0 aliphatic carbocycles. The second kappa shape index (κ2) is 11.7. The average molecular weight is 523 g/mol. The Bertz CT molecular complexity index is 1320. The van der Waals surface area contributed by atoms with Crippen molar-refractivity contribution in [2.45, 2.75) is 43.6 Å². The molecule has 0 aliphatic heterocycles. The Balaban J connectivity index is 1.92. The molecule has 188 valence electrons. The number of rotatable bonds is 7. The van der Waals surface area contributed by atoms with E-state index in [1.54, 1.807) is 56.7 Å². The highest BCUT2D eigenvalue weighted by molar-refractivity contribution is 7.90. The van der Waals surface area contributed by atoms with Gasteiger partial charge in [-0.05, 0) is 38.1 Å². The first-order valence-corrected chi connectivity index (χ1v) is 13.3. The summed E-state index contributed by atoms with van der Waals surface area (Å²) in [5.41, 5.74) is 1.70. The summed E-state index contributed by atoms with van der Waals surface area (Å²) in [6, 6.07) is 11.7. The Morgan fingerprint density at radius 2 is 1.23 bits per heavy atom. The molecular formula is C23H26N2O8S2. The molecule has 0 aromatic heterocycles. The van der Waals surface area contributed by atoms with Crippen molar-refractivity contribution < 1.29 is 35.9 Å². The summed E-state index contributed by atoms with van der Waals surface area (Å²) in [5.74, 6) is 4.68. The number of aryl methyl sites for hydroxylation is 2. The summed E-state index contributed by atoms with van der Waals surface area (Å²) in [5, 5.41) is 0. The fourth-order valence-electron chi connectivity index (χ4n) is 2.52. The highest BCUT2D eigenvalue weighted by Gasteiger charge is 2.22. The number of ether oxygens (including phenoxy) is 2. The number of hydrogen-bond acceptors (Lipinski definition) is 8. The van der Waals surface area contributed by atoms with Gasteiger partial charge < -0.3 is 9.47 Å². The molecule has 2 N–H and O–H groups in total. The molecule has 0 heterocycles. The number of sulfonamides is 2. The Hall–Kier alpha value is -3.56. The summed E-state index contributed by atoms with van der Waals surface area (Å²) in [6.45, 7) is 6.45. The molecule has 1 unspecified atom stereocenters. The second-order valence-electron chi connectivity index (χ2n) is 7.80. The van der Waals surface area contributed by atoms with Crippen LogP contribution in [0.4, 0.5) is 9.59 Å². The van der Waals surface area contributed by atoms with E-state index in [-0.39, 0.29) is 15.7 Å². The van der Waals surface area contributed by atoms with Crippen molar-refractivity contribution in [2.75, 3.05) is 6.61 Å². The largest absolute Gasteiger partial charge is 0.436 e. The van der Waals surface area contributed by atoms with E-state index in [0.29, 0.717) is 0 Å². The van der Waals surface area contributed by atoms with Gasteiger partial charge in [0.2, 0.25) is 0 Å². The van der Waals surface area contributed by atoms with Gasteiger partial charge in [0.25, 0.3) is 20.0 Å². The van der Waals surface area contributed by atoms with E-state index < -0.39 is 44.9 Å². The monoisotopic (exact) mass is 522 g/mol. The standard InChI is InChI=1S/C23H26N2O8S2/c1-16(2)21(33-23(27)25-35(30,31)20-13-9-18(4)10-14-20)6-5-15-32-22(26)24-34(28,29)19-11-7-17(3)8-12-19/h7-14,16,21H,15H2,1-4H3,(H,24,26)(H,25,27). The summed E-state index contributed by atoms with van der Waals surface area (Å²) in [4.78, 5) is 23.7. The number of carbonyl (C=O) groups excluding carboxylic acids is 2. The predicted octanol–water partition coefficient (Wildman–Crippen LogP) is 2.86. The fraction of sp³-hybridized carbons (Fsp3) is 0.304. The number of carbonyl (C=O) groups is 2. The lowest BCUT2D eigenvalue weighted by atomic mass is 10.1. The van der Waals surface area contributed by atoms with Crippen LogP contribution < -0.4 is 9.44 Å². The lowest BCUT2D eigenvalue weighted by Gasteiger charge is -2.16. The molecule has 2 aromatic carbocycles. The van der Waals surface area contributed by atoms with Crippen LogP contribution >= 0.6 is 0 Å². The molecule has 35 heavy (non-hydrogen) atoms. The highest BCUT2D eigenvalue weighted by Crippen LogP contribution is 2.12. The first kappa shape index (κ1) is 27.7. The third-order valence-corrected chi connectivity index (χ3v) is 7.11. The van der Waals surface area contributed by atoms with Gasteiger partial charge in [-0.25, -0.2) is 35.9 Å². The van der Waals surface area contributed by atoms with E-state index >= 15 is 0 Å². The lowest BCUT2D eigenvalue weighted by molar-refractivity contribution is 0.107.